The monoisotopic (exact) mass is 337 g/mol. The van der Waals surface area contributed by atoms with Gasteiger partial charge in [-0.25, -0.2) is 4.39 Å². The molecular weight excluding hydrogens is 317 g/mol. The fourth-order valence-electron chi connectivity index (χ4n) is 3.73. The summed E-state index contributed by atoms with van der Waals surface area (Å²) in [5.41, 5.74) is 9.82. The number of fused-ring (bicyclic) bond motifs is 1. The minimum atomic E-state index is -0.465. The van der Waals surface area contributed by atoms with Gasteiger partial charge in [0, 0.05) is 11.6 Å². The van der Waals surface area contributed by atoms with Crippen LogP contribution >= 0.6 is 0 Å². The molecule has 0 spiro atoms. The molecule has 4 rings (SSSR count). The van der Waals surface area contributed by atoms with Crippen LogP contribution in [0.4, 0.5) is 4.39 Å². The van der Waals surface area contributed by atoms with Gasteiger partial charge in [-0.05, 0) is 72.8 Å². The van der Waals surface area contributed by atoms with Crippen LogP contribution in [0.1, 0.15) is 34.7 Å². The molecule has 1 aromatic heterocycles. The normalized spacial score (nSPS) is 15.6. The van der Waals surface area contributed by atoms with Crippen LogP contribution in [-0.4, -0.2) is 24.0 Å². The lowest BCUT2D eigenvalue weighted by Gasteiger charge is -2.22. The summed E-state index contributed by atoms with van der Waals surface area (Å²) >= 11 is 0. The van der Waals surface area contributed by atoms with Crippen molar-refractivity contribution < 1.29 is 9.18 Å². The number of hydrogen-bond donors (Lipinski definition) is 3. The van der Waals surface area contributed by atoms with Crippen LogP contribution in [0.3, 0.4) is 0 Å². The summed E-state index contributed by atoms with van der Waals surface area (Å²) in [5.74, 6) is -0.288. The van der Waals surface area contributed by atoms with Gasteiger partial charge >= 0.3 is 0 Å². The zero-order valence-electron chi connectivity index (χ0n) is 13.8. The quantitative estimate of drug-likeness (QED) is 0.684. The molecule has 128 valence electrons. The van der Waals surface area contributed by atoms with Gasteiger partial charge in [0.2, 0.25) is 0 Å². The van der Waals surface area contributed by atoms with Crippen molar-refractivity contribution in [2.45, 2.75) is 18.8 Å². The maximum atomic E-state index is 13.2. The highest BCUT2D eigenvalue weighted by Gasteiger charge is 2.21. The van der Waals surface area contributed by atoms with Gasteiger partial charge in [0.15, 0.2) is 0 Å². The molecule has 0 bridgehead atoms. The summed E-state index contributed by atoms with van der Waals surface area (Å²) in [4.78, 5) is 15.2. The van der Waals surface area contributed by atoms with Crippen LogP contribution in [-0.2, 0) is 0 Å². The van der Waals surface area contributed by atoms with Gasteiger partial charge in [-0.15, -0.1) is 0 Å². The van der Waals surface area contributed by atoms with E-state index in [1.165, 1.54) is 17.7 Å². The number of benzene rings is 2. The molecule has 0 aliphatic carbocycles. The number of carbonyl (C=O) groups excluding carboxylic acids is 1. The van der Waals surface area contributed by atoms with Crippen molar-refractivity contribution in [2.24, 2.45) is 5.73 Å². The first-order valence-corrected chi connectivity index (χ1v) is 8.55. The van der Waals surface area contributed by atoms with E-state index in [0.717, 1.165) is 48.0 Å². The third kappa shape index (κ3) is 2.91. The number of H-pyrrole nitrogens is 1. The fourth-order valence-corrected chi connectivity index (χ4v) is 3.73. The molecule has 0 unspecified atom stereocenters. The number of amides is 1. The highest BCUT2D eigenvalue weighted by Crippen LogP contribution is 2.35. The van der Waals surface area contributed by atoms with Gasteiger partial charge in [-0.1, -0.05) is 12.1 Å². The molecule has 1 aliphatic heterocycles. The van der Waals surface area contributed by atoms with Gasteiger partial charge in [0.1, 0.15) is 5.82 Å². The lowest BCUT2D eigenvalue weighted by Crippen LogP contribution is -2.26. The summed E-state index contributed by atoms with van der Waals surface area (Å²) in [7, 11) is 0. The number of nitrogens with two attached hydrogens (primary N) is 1. The number of carbonyl (C=O) groups is 1. The average molecular weight is 337 g/mol. The summed E-state index contributed by atoms with van der Waals surface area (Å²) in [5, 5.41) is 4.41. The maximum Gasteiger partial charge on any atom is 0.250 e. The SMILES string of the molecule is NC(=O)c1cc(-c2ccc(F)cc2)cc2c(C3CCNCC3)c[nH]c12. The fraction of sp³-hybridized carbons (Fsp3) is 0.250. The van der Waals surface area contributed by atoms with Crippen molar-refractivity contribution in [1.82, 2.24) is 10.3 Å². The average Bonchev–Trinajstić information content (AvgIpc) is 3.06. The molecule has 1 fully saturated rings. The molecule has 5 heteroatoms. The largest absolute Gasteiger partial charge is 0.366 e. The summed E-state index contributed by atoms with van der Waals surface area (Å²) in [6.45, 7) is 2.00. The number of nitrogens with one attached hydrogen (secondary N) is 2. The topological polar surface area (TPSA) is 70.9 Å². The lowest BCUT2D eigenvalue weighted by molar-refractivity contribution is 0.100. The zero-order valence-corrected chi connectivity index (χ0v) is 13.8. The van der Waals surface area contributed by atoms with Gasteiger partial charge in [0.25, 0.3) is 5.91 Å². The van der Waals surface area contributed by atoms with E-state index in [2.05, 4.69) is 16.4 Å². The number of hydrogen-bond acceptors (Lipinski definition) is 2. The minimum Gasteiger partial charge on any atom is -0.366 e. The second-order valence-electron chi connectivity index (χ2n) is 6.59. The first-order chi connectivity index (χ1) is 12.1. The molecule has 1 saturated heterocycles. The van der Waals surface area contributed by atoms with Crippen molar-refractivity contribution >= 4 is 16.8 Å². The molecular formula is C20H20FN3O. The number of aromatic amines is 1. The second kappa shape index (κ2) is 6.33. The van der Waals surface area contributed by atoms with E-state index < -0.39 is 5.91 Å². The maximum absolute atomic E-state index is 13.2. The molecule has 0 radical (unpaired) electrons. The molecule has 25 heavy (non-hydrogen) atoms. The van der Waals surface area contributed by atoms with Gasteiger partial charge in [-0.3, -0.25) is 4.79 Å². The predicted molar refractivity (Wildman–Crippen MR) is 97.1 cm³/mol. The molecule has 2 heterocycles. The van der Waals surface area contributed by atoms with E-state index in [1.807, 2.05) is 6.20 Å². The molecule has 2 aromatic carbocycles. The van der Waals surface area contributed by atoms with Crippen LogP contribution in [0.5, 0.6) is 0 Å². The lowest BCUT2D eigenvalue weighted by atomic mass is 9.88. The Morgan fingerprint density at radius 1 is 1.08 bits per heavy atom. The number of piperidine rings is 1. The summed E-state index contributed by atoms with van der Waals surface area (Å²) in [6.07, 6.45) is 4.14. The Labute approximate surface area is 145 Å². The van der Waals surface area contributed by atoms with E-state index in [0.29, 0.717) is 11.5 Å². The minimum absolute atomic E-state index is 0.281. The Kier molecular flexibility index (Phi) is 4.01. The third-order valence-corrected chi connectivity index (χ3v) is 5.04. The Hall–Kier alpha value is -2.66. The Bertz CT molecular complexity index is 924. The third-order valence-electron chi connectivity index (χ3n) is 5.04. The zero-order chi connectivity index (χ0) is 17.4. The standard InChI is InChI=1S/C20H20FN3O/c21-15-3-1-12(2-4-15)14-9-16-18(13-5-7-23-8-6-13)11-24-19(16)17(10-14)20(22)25/h1-4,9-11,13,23-24H,5-8H2,(H2,22,25). The van der Waals surface area contributed by atoms with Crippen LogP contribution in [0.2, 0.25) is 0 Å². The van der Waals surface area contributed by atoms with Crippen molar-refractivity contribution in [3.8, 4) is 11.1 Å². The van der Waals surface area contributed by atoms with E-state index in [1.54, 1.807) is 18.2 Å². The van der Waals surface area contributed by atoms with Crippen molar-refractivity contribution in [3.05, 3.63) is 59.5 Å². The van der Waals surface area contributed by atoms with Crippen LogP contribution < -0.4 is 11.1 Å². The van der Waals surface area contributed by atoms with Gasteiger partial charge in [0.05, 0.1) is 11.1 Å². The molecule has 1 aliphatic rings. The molecule has 0 saturated carbocycles. The van der Waals surface area contributed by atoms with Crippen molar-refractivity contribution in [1.29, 1.82) is 0 Å². The summed E-state index contributed by atoms with van der Waals surface area (Å²) < 4.78 is 13.2. The van der Waals surface area contributed by atoms with Crippen LogP contribution in [0, 0.1) is 5.82 Å². The Morgan fingerprint density at radius 2 is 1.80 bits per heavy atom. The second-order valence-corrected chi connectivity index (χ2v) is 6.59. The molecule has 4 nitrogen and oxygen atoms in total. The van der Waals surface area contributed by atoms with Crippen LogP contribution in [0.25, 0.3) is 22.0 Å². The van der Waals surface area contributed by atoms with Crippen molar-refractivity contribution in [2.75, 3.05) is 13.1 Å². The van der Waals surface area contributed by atoms with Gasteiger partial charge < -0.3 is 16.0 Å². The Balaban J connectivity index is 1.89. The van der Waals surface area contributed by atoms with E-state index in [-0.39, 0.29) is 5.82 Å². The number of halogens is 1. The molecule has 3 aromatic rings. The molecule has 4 N–H and O–H groups in total. The Morgan fingerprint density at radius 3 is 2.48 bits per heavy atom. The molecule has 0 atom stereocenters. The highest BCUT2D eigenvalue weighted by molar-refractivity contribution is 6.07. The highest BCUT2D eigenvalue weighted by atomic mass is 19.1. The molecule has 1 amide bonds. The van der Waals surface area contributed by atoms with Crippen LogP contribution in [0.15, 0.2) is 42.6 Å². The van der Waals surface area contributed by atoms with E-state index in [9.17, 15) is 9.18 Å². The number of rotatable bonds is 3. The number of aromatic nitrogens is 1. The summed E-state index contributed by atoms with van der Waals surface area (Å²) in [6, 6.07) is 10.1. The van der Waals surface area contributed by atoms with E-state index >= 15 is 0 Å². The first kappa shape index (κ1) is 15.8. The van der Waals surface area contributed by atoms with Gasteiger partial charge in [-0.2, -0.15) is 0 Å². The van der Waals surface area contributed by atoms with Crippen molar-refractivity contribution in [3.63, 3.8) is 0 Å². The predicted octanol–water partition coefficient (Wildman–Crippen LogP) is 3.54. The van der Waals surface area contributed by atoms with E-state index in [4.69, 9.17) is 5.73 Å². The number of primary amides is 1. The smallest absolute Gasteiger partial charge is 0.250 e. The first-order valence-electron chi connectivity index (χ1n) is 8.55.